The Morgan fingerprint density at radius 3 is 1.56 bits per heavy atom. The van der Waals surface area contributed by atoms with E-state index in [4.69, 9.17) is 0 Å². The van der Waals surface area contributed by atoms with Crippen molar-refractivity contribution in [3.63, 3.8) is 0 Å². The van der Waals surface area contributed by atoms with Gasteiger partial charge < -0.3 is 9.13 Å². The van der Waals surface area contributed by atoms with E-state index in [1.807, 2.05) is 42.5 Å². The Morgan fingerprint density at radius 1 is 0.333 bits per heavy atom. The van der Waals surface area contributed by atoms with Crippen LogP contribution >= 0.6 is 0 Å². The van der Waals surface area contributed by atoms with E-state index in [9.17, 15) is 10.5 Å². The Hall–Kier alpha value is -7.66. The zero-order valence-corrected chi connectivity index (χ0v) is 29.1. The highest BCUT2D eigenvalue weighted by molar-refractivity contribution is 6.18. The lowest BCUT2D eigenvalue weighted by molar-refractivity contribution is 1.18. The van der Waals surface area contributed by atoms with Gasteiger partial charge in [-0.1, -0.05) is 115 Å². The summed E-state index contributed by atoms with van der Waals surface area (Å²) in [6, 6.07) is 67.9. The van der Waals surface area contributed by atoms with Gasteiger partial charge >= 0.3 is 0 Å². The molecule has 10 rings (SSSR count). The minimum Gasteiger partial charge on any atom is -0.309 e. The maximum atomic E-state index is 9.99. The highest BCUT2D eigenvalue weighted by Gasteiger charge is 2.22. The second kappa shape index (κ2) is 12.5. The number of para-hydroxylation sites is 3. The highest BCUT2D eigenvalue weighted by Crippen LogP contribution is 2.46. The maximum absolute atomic E-state index is 9.99. The molecule has 0 N–H and O–H groups in total. The molecule has 0 amide bonds. The summed E-state index contributed by atoms with van der Waals surface area (Å²) in [5, 5.41) is 24.0. The highest BCUT2D eigenvalue weighted by atomic mass is 15.0. The van der Waals surface area contributed by atoms with Crippen LogP contribution in [0.25, 0.3) is 88.4 Å². The Morgan fingerprint density at radius 2 is 0.833 bits per heavy atom. The second-order valence-electron chi connectivity index (χ2n) is 13.5. The molecule has 54 heavy (non-hydrogen) atoms. The molecule has 2 heterocycles. The summed E-state index contributed by atoms with van der Waals surface area (Å²) >= 11 is 0. The minimum absolute atomic E-state index is 0.608. The first-order chi connectivity index (χ1) is 26.7. The first kappa shape index (κ1) is 31.1. The third-order valence-electron chi connectivity index (χ3n) is 10.6. The Balaban J connectivity index is 1.25. The molecule has 0 bridgehead atoms. The van der Waals surface area contributed by atoms with Gasteiger partial charge in [0.2, 0.25) is 0 Å². The molecular formula is C50H30N4. The van der Waals surface area contributed by atoms with E-state index in [0.29, 0.717) is 11.1 Å². The predicted octanol–water partition coefficient (Wildman–Crippen LogP) is 12.6. The first-order valence-corrected chi connectivity index (χ1v) is 18.0. The number of fused-ring (bicyclic) bond motifs is 6. The van der Waals surface area contributed by atoms with Gasteiger partial charge in [0.25, 0.3) is 0 Å². The van der Waals surface area contributed by atoms with Crippen molar-refractivity contribution in [2.45, 2.75) is 0 Å². The van der Waals surface area contributed by atoms with Crippen molar-refractivity contribution in [1.82, 2.24) is 9.13 Å². The Bertz CT molecular complexity index is 3170. The molecule has 0 saturated carbocycles. The molecule has 0 radical (unpaired) electrons. The van der Waals surface area contributed by atoms with Gasteiger partial charge in [-0.25, -0.2) is 0 Å². The number of nitriles is 2. The minimum atomic E-state index is 0.608. The number of nitrogens with zero attached hydrogens (tertiary/aromatic N) is 4. The summed E-state index contributed by atoms with van der Waals surface area (Å²) in [7, 11) is 0. The average molecular weight is 687 g/mol. The van der Waals surface area contributed by atoms with Gasteiger partial charge in [-0.15, -0.1) is 0 Å². The predicted molar refractivity (Wildman–Crippen MR) is 221 cm³/mol. The van der Waals surface area contributed by atoms with Crippen LogP contribution < -0.4 is 0 Å². The molecule has 2 aromatic heterocycles. The fraction of sp³-hybridized carbons (Fsp3) is 0. The van der Waals surface area contributed by atoms with Crippen molar-refractivity contribution >= 4 is 43.6 Å². The molecule has 0 aliphatic heterocycles. The van der Waals surface area contributed by atoms with Crippen LogP contribution in [-0.4, -0.2) is 9.13 Å². The number of benzene rings is 8. The summed E-state index contributed by atoms with van der Waals surface area (Å²) < 4.78 is 4.63. The van der Waals surface area contributed by atoms with E-state index in [-0.39, 0.29) is 0 Å². The van der Waals surface area contributed by atoms with E-state index >= 15 is 0 Å². The number of hydrogen-bond donors (Lipinski definition) is 0. The van der Waals surface area contributed by atoms with E-state index in [1.165, 1.54) is 21.8 Å². The quantitative estimate of drug-likeness (QED) is 0.181. The van der Waals surface area contributed by atoms with Gasteiger partial charge in [-0.05, 0) is 94.5 Å². The topological polar surface area (TPSA) is 57.4 Å². The zero-order chi connectivity index (χ0) is 36.2. The van der Waals surface area contributed by atoms with Crippen molar-refractivity contribution in [2.24, 2.45) is 0 Å². The Labute approximate surface area is 312 Å². The van der Waals surface area contributed by atoms with Crippen LogP contribution in [0.15, 0.2) is 182 Å². The van der Waals surface area contributed by atoms with Gasteiger partial charge in [0.15, 0.2) is 0 Å². The summed E-state index contributed by atoms with van der Waals surface area (Å²) in [6.07, 6.45) is 0. The molecule has 0 fully saturated rings. The first-order valence-electron chi connectivity index (χ1n) is 18.0. The normalized spacial score (nSPS) is 11.3. The van der Waals surface area contributed by atoms with Crippen molar-refractivity contribution in [2.75, 3.05) is 0 Å². The van der Waals surface area contributed by atoms with Gasteiger partial charge in [0, 0.05) is 38.5 Å². The molecule has 0 spiro atoms. The molecule has 8 aromatic carbocycles. The van der Waals surface area contributed by atoms with Crippen LogP contribution in [-0.2, 0) is 0 Å². The number of rotatable bonds is 5. The van der Waals surface area contributed by atoms with Crippen molar-refractivity contribution < 1.29 is 0 Å². The van der Waals surface area contributed by atoms with E-state index in [1.54, 1.807) is 0 Å². The van der Waals surface area contributed by atoms with Gasteiger partial charge in [0.1, 0.15) is 0 Å². The zero-order valence-electron chi connectivity index (χ0n) is 29.1. The van der Waals surface area contributed by atoms with Gasteiger partial charge in [-0.3, -0.25) is 0 Å². The molecule has 0 unspecified atom stereocenters. The third-order valence-corrected chi connectivity index (χ3v) is 10.6. The Kier molecular flexibility index (Phi) is 7.22. The fourth-order valence-corrected chi connectivity index (χ4v) is 8.31. The third kappa shape index (κ3) is 4.76. The van der Waals surface area contributed by atoms with Crippen molar-refractivity contribution in [1.29, 1.82) is 10.5 Å². The summed E-state index contributed by atoms with van der Waals surface area (Å²) in [5.41, 5.74) is 14.4. The van der Waals surface area contributed by atoms with Gasteiger partial charge in [-0.2, -0.15) is 10.5 Å². The molecule has 4 heteroatoms. The van der Waals surface area contributed by atoms with E-state index in [2.05, 4.69) is 161 Å². The lowest BCUT2D eigenvalue weighted by Gasteiger charge is -2.17. The molecule has 0 atom stereocenters. The average Bonchev–Trinajstić information content (AvgIpc) is 3.77. The lowest BCUT2D eigenvalue weighted by atomic mass is 9.87. The lowest BCUT2D eigenvalue weighted by Crippen LogP contribution is -1.96. The van der Waals surface area contributed by atoms with E-state index < -0.39 is 0 Å². The SMILES string of the molecule is N#Cc1ccc(-n2c3ccc(C#N)cc3c3c(-c4ccccc4-c4ccccc4-c4cccc5c6ccccc6n(-c6ccccc6)c45)cccc32)cc1. The van der Waals surface area contributed by atoms with Crippen molar-refractivity contribution in [3.05, 3.63) is 193 Å². The molecule has 0 aliphatic carbocycles. The van der Waals surface area contributed by atoms with Gasteiger partial charge in [0.05, 0.1) is 45.3 Å². The van der Waals surface area contributed by atoms with Crippen LogP contribution in [0.3, 0.4) is 0 Å². The van der Waals surface area contributed by atoms with Crippen LogP contribution in [0.1, 0.15) is 11.1 Å². The monoisotopic (exact) mass is 686 g/mol. The number of aromatic nitrogens is 2. The molecule has 4 nitrogen and oxygen atoms in total. The summed E-state index contributed by atoms with van der Waals surface area (Å²) in [4.78, 5) is 0. The van der Waals surface area contributed by atoms with Crippen molar-refractivity contribution in [3.8, 4) is 56.9 Å². The molecular weight excluding hydrogens is 657 g/mol. The molecule has 250 valence electrons. The maximum Gasteiger partial charge on any atom is 0.0991 e. The van der Waals surface area contributed by atoms with Crippen LogP contribution in [0.5, 0.6) is 0 Å². The standard InChI is InChI=1S/C50H30N4/c51-31-33-24-27-36(28-25-33)53-47-29-26-34(32-52)30-45(47)49-42(19-11-23-48(49)53)39-16-6-4-14-37(39)38-15-5-7-17-40(38)43-20-10-21-44-41-18-8-9-22-46(41)54(50(43)44)35-12-2-1-3-13-35/h1-30H. The smallest absolute Gasteiger partial charge is 0.0991 e. The van der Waals surface area contributed by atoms with E-state index in [0.717, 1.165) is 66.6 Å². The van der Waals surface area contributed by atoms with Crippen LogP contribution in [0.4, 0.5) is 0 Å². The second-order valence-corrected chi connectivity index (χ2v) is 13.5. The largest absolute Gasteiger partial charge is 0.309 e. The molecule has 10 aromatic rings. The molecule has 0 saturated heterocycles. The van der Waals surface area contributed by atoms with Crippen LogP contribution in [0.2, 0.25) is 0 Å². The number of hydrogen-bond acceptors (Lipinski definition) is 2. The summed E-state index contributed by atoms with van der Waals surface area (Å²) in [5.74, 6) is 0. The van der Waals surface area contributed by atoms with Crippen LogP contribution in [0, 0.1) is 22.7 Å². The fourth-order valence-electron chi connectivity index (χ4n) is 8.31. The summed E-state index contributed by atoms with van der Waals surface area (Å²) in [6.45, 7) is 0. The molecule has 0 aliphatic rings.